The number of hydrogen-bond donors (Lipinski definition) is 3. The fourth-order valence-corrected chi connectivity index (χ4v) is 3.38. The number of carboxylic acid groups (broad SMARTS) is 1. The van der Waals surface area contributed by atoms with E-state index in [9.17, 15) is 14.7 Å². The number of ether oxygens (including phenoxy) is 2. The van der Waals surface area contributed by atoms with Gasteiger partial charge in [-0.15, -0.1) is 0 Å². The van der Waals surface area contributed by atoms with Crippen LogP contribution in [0.15, 0.2) is 24.3 Å². The average molecular weight is 431 g/mol. The van der Waals surface area contributed by atoms with Crippen LogP contribution in [0.2, 0.25) is 0 Å². The van der Waals surface area contributed by atoms with Gasteiger partial charge in [-0.1, -0.05) is 38.0 Å². The van der Waals surface area contributed by atoms with Gasteiger partial charge < -0.3 is 25.6 Å². The summed E-state index contributed by atoms with van der Waals surface area (Å²) in [5, 5.41) is 12.6. The lowest BCUT2D eigenvalue weighted by Gasteiger charge is -2.22. The number of aliphatic carboxylic acids is 1. The van der Waals surface area contributed by atoms with E-state index >= 15 is 0 Å². The first-order valence-electron chi connectivity index (χ1n) is 10.3. The maximum atomic E-state index is 11.4. The Hall–Kier alpha value is -3.36. The molecule has 1 heterocycles. The summed E-state index contributed by atoms with van der Waals surface area (Å²) >= 11 is 0. The summed E-state index contributed by atoms with van der Waals surface area (Å²) in [5.74, 6) is 0.383. The second-order valence-electron chi connectivity index (χ2n) is 7.14. The molecule has 0 aliphatic heterocycles. The number of carboxylic acids is 1. The van der Waals surface area contributed by atoms with Crippen molar-refractivity contribution in [1.29, 1.82) is 0 Å². The highest BCUT2D eigenvalue weighted by Gasteiger charge is 2.20. The largest absolute Gasteiger partial charge is 0.496 e. The lowest BCUT2D eigenvalue weighted by Crippen LogP contribution is -2.25. The van der Waals surface area contributed by atoms with E-state index in [1.807, 2.05) is 24.3 Å². The minimum Gasteiger partial charge on any atom is -0.496 e. The van der Waals surface area contributed by atoms with Gasteiger partial charge in [-0.2, -0.15) is 4.98 Å². The first-order chi connectivity index (χ1) is 15.0. The summed E-state index contributed by atoms with van der Waals surface area (Å²) in [6, 6.07) is 7.29. The molecule has 0 saturated heterocycles. The van der Waals surface area contributed by atoms with Gasteiger partial charge in [0.25, 0.3) is 6.47 Å². The number of unbranched alkanes of at least 4 members (excludes halogenated alkanes) is 1. The molecule has 0 fully saturated rings. The van der Waals surface area contributed by atoms with Crippen molar-refractivity contribution in [2.24, 2.45) is 0 Å². The number of aromatic nitrogens is 2. The molecular weight excluding hydrogens is 400 g/mol. The third-order valence-electron chi connectivity index (χ3n) is 4.86. The molecule has 9 heteroatoms. The number of nitrogens with two attached hydrogens (primary N) is 1. The number of para-hydroxylation sites is 1. The molecule has 1 atom stereocenters. The Morgan fingerprint density at radius 2 is 2.10 bits per heavy atom. The van der Waals surface area contributed by atoms with Crippen LogP contribution in [0.25, 0.3) is 0 Å². The van der Waals surface area contributed by atoms with Crippen LogP contribution < -0.4 is 15.8 Å². The molecule has 0 bridgehead atoms. The smallest absolute Gasteiger partial charge is 0.305 e. The van der Waals surface area contributed by atoms with Gasteiger partial charge in [-0.3, -0.25) is 9.59 Å². The van der Waals surface area contributed by atoms with Crippen LogP contribution in [0.4, 0.5) is 11.8 Å². The number of methoxy groups -OCH3 is 1. The third-order valence-corrected chi connectivity index (χ3v) is 4.86. The van der Waals surface area contributed by atoms with E-state index in [4.69, 9.17) is 15.2 Å². The number of anilines is 2. The molecule has 168 valence electrons. The number of carbonyl (C=O) groups excluding carboxylic acids is 1. The lowest BCUT2D eigenvalue weighted by molar-refractivity contribution is -0.137. The summed E-state index contributed by atoms with van der Waals surface area (Å²) in [4.78, 5) is 30.7. The van der Waals surface area contributed by atoms with Gasteiger partial charge >= 0.3 is 5.97 Å². The van der Waals surface area contributed by atoms with Crippen LogP contribution in [-0.2, 0) is 27.2 Å². The highest BCUT2D eigenvalue weighted by molar-refractivity contribution is 5.68. The standard InChI is InChI=1S/C22H30N4O5/c1-3-4-8-16(13-20(28)29)24-21-17(12-15-7-5-6-9-19(15)30-2)18(10-11-31-14-27)25-22(23)26-21/h5-7,9,14,16H,3-4,8,10-13H2,1-2H3,(H,28,29)(H3,23,24,25,26)/t16-/m0/s1. The summed E-state index contributed by atoms with van der Waals surface area (Å²) in [5.41, 5.74) is 8.26. The molecule has 0 aliphatic carbocycles. The monoisotopic (exact) mass is 430 g/mol. The van der Waals surface area contributed by atoms with Crippen molar-refractivity contribution in [2.75, 3.05) is 24.8 Å². The van der Waals surface area contributed by atoms with E-state index in [0.29, 0.717) is 43.0 Å². The minimum absolute atomic E-state index is 0.0401. The third kappa shape index (κ3) is 7.44. The van der Waals surface area contributed by atoms with Gasteiger partial charge in [0.15, 0.2) is 0 Å². The van der Waals surface area contributed by atoms with Crippen molar-refractivity contribution >= 4 is 24.2 Å². The van der Waals surface area contributed by atoms with E-state index in [0.717, 1.165) is 24.0 Å². The van der Waals surface area contributed by atoms with Gasteiger partial charge in [0, 0.05) is 24.4 Å². The van der Waals surface area contributed by atoms with Crippen molar-refractivity contribution in [1.82, 2.24) is 9.97 Å². The zero-order chi connectivity index (χ0) is 22.6. The molecule has 0 radical (unpaired) electrons. The Kier molecular flexibility index (Phi) is 9.54. The van der Waals surface area contributed by atoms with Crippen molar-refractivity contribution in [2.45, 2.75) is 51.5 Å². The molecule has 0 amide bonds. The molecule has 2 aromatic rings. The Morgan fingerprint density at radius 1 is 1.32 bits per heavy atom. The number of nitrogens with zero attached hydrogens (tertiary/aromatic N) is 2. The fourth-order valence-electron chi connectivity index (χ4n) is 3.38. The lowest BCUT2D eigenvalue weighted by atomic mass is 10.00. The highest BCUT2D eigenvalue weighted by atomic mass is 16.5. The number of rotatable bonds is 14. The fraction of sp³-hybridized carbons (Fsp3) is 0.455. The predicted octanol–water partition coefficient (Wildman–Crippen LogP) is 2.82. The summed E-state index contributed by atoms with van der Waals surface area (Å²) < 4.78 is 10.3. The molecule has 0 saturated carbocycles. The number of hydrogen-bond acceptors (Lipinski definition) is 8. The van der Waals surface area contributed by atoms with E-state index in [2.05, 4.69) is 22.2 Å². The van der Waals surface area contributed by atoms with Crippen LogP contribution in [0.3, 0.4) is 0 Å². The number of benzene rings is 1. The molecule has 0 spiro atoms. The summed E-state index contributed by atoms with van der Waals surface area (Å²) in [6.45, 7) is 2.59. The SMILES string of the molecule is CCCC[C@@H](CC(=O)O)Nc1nc(N)nc(CCOC=O)c1Cc1ccccc1OC. The van der Waals surface area contributed by atoms with Gasteiger partial charge in [0.1, 0.15) is 11.6 Å². The zero-order valence-electron chi connectivity index (χ0n) is 18.0. The highest BCUT2D eigenvalue weighted by Crippen LogP contribution is 2.28. The van der Waals surface area contributed by atoms with Crippen LogP contribution in [-0.4, -0.2) is 47.3 Å². The second-order valence-corrected chi connectivity index (χ2v) is 7.14. The van der Waals surface area contributed by atoms with E-state index < -0.39 is 5.97 Å². The number of carbonyl (C=O) groups is 2. The van der Waals surface area contributed by atoms with Crippen LogP contribution in [0.5, 0.6) is 5.75 Å². The normalized spacial score (nSPS) is 11.5. The van der Waals surface area contributed by atoms with Crippen molar-refractivity contribution in [3.63, 3.8) is 0 Å². The van der Waals surface area contributed by atoms with Crippen molar-refractivity contribution < 1.29 is 24.2 Å². The second kappa shape index (κ2) is 12.4. The molecule has 1 aromatic heterocycles. The van der Waals surface area contributed by atoms with Crippen molar-refractivity contribution in [3.8, 4) is 5.75 Å². The maximum absolute atomic E-state index is 11.4. The molecule has 0 aliphatic rings. The molecule has 4 N–H and O–H groups in total. The van der Waals surface area contributed by atoms with Gasteiger partial charge in [-0.05, 0) is 18.1 Å². The average Bonchev–Trinajstić information content (AvgIpc) is 2.74. The summed E-state index contributed by atoms with van der Waals surface area (Å²) in [7, 11) is 1.60. The Bertz CT molecular complexity index is 875. The quantitative estimate of drug-likeness (QED) is 0.305. The van der Waals surface area contributed by atoms with E-state index in [1.54, 1.807) is 7.11 Å². The first-order valence-corrected chi connectivity index (χ1v) is 10.3. The maximum Gasteiger partial charge on any atom is 0.305 e. The van der Waals surface area contributed by atoms with Crippen LogP contribution in [0.1, 0.15) is 49.4 Å². The topological polar surface area (TPSA) is 137 Å². The number of nitrogens with one attached hydrogen (secondary N) is 1. The van der Waals surface area contributed by atoms with E-state index in [1.165, 1.54) is 0 Å². The number of nitrogen functional groups attached to an aromatic ring is 1. The first kappa shape index (κ1) is 23.9. The Morgan fingerprint density at radius 3 is 2.77 bits per heavy atom. The van der Waals surface area contributed by atoms with Crippen molar-refractivity contribution in [3.05, 3.63) is 41.1 Å². The predicted molar refractivity (Wildman–Crippen MR) is 117 cm³/mol. The molecular formula is C22H30N4O5. The molecule has 1 aromatic carbocycles. The van der Waals surface area contributed by atoms with Gasteiger partial charge in [0.05, 0.1) is 25.8 Å². The van der Waals surface area contributed by atoms with E-state index in [-0.39, 0.29) is 25.0 Å². The molecule has 9 nitrogen and oxygen atoms in total. The van der Waals surface area contributed by atoms with Crippen LogP contribution >= 0.6 is 0 Å². The Balaban J connectivity index is 2.46. The zero-order valence-corrected chi connectivity index (χ0v) is 18.0. The van der Waals surface area contributed by atoms with Gasteiger partial charge in [0.2, 0.25) is 5.95 Å². The van der Waals surface area contributed by atoms with Crippen LogP contribution in [0, 0.1) is 0 Å². The molecule has 0 unspecified atom stereocenters. The Labute approximate surface area is 182 Å². The molecule has 31 heavy (non-hydrogen) atoms. The summed E-state index contributed by atoms with van der Waals surface area (Å²) in [6.07, 6.45) is 3.27. The van der Waals surface area contributed by atoms with Gasteiger partial charge in [-0.25, -0.2) is 4.98 Å². The minimum atomic E-state index is -0.887. The molecule has 2 rings (SSSR count).